The monoisotopic (exact) mass is 469 g/mol. The minimum absolute atomic E-state index is 0. The average molecular weight is 471 g/mol. The number of carbonyl (C=O) groups is 1. The van der Waals surface area contributed by atoms with E-state index < -0.39 is 0 Å². The van der Waals surface area contributed by atoms with Gasteiger partial charge in [0.05, 0.1) is 20.1 Å². The standard InChI is InChI=1S/C16H14Cl3N3OS2.ClH/c1-21(2)5-6-22(15(23)10-8-13(18)25-14(10)19)16-20-11-4-3-9(17)7-12(11)24-16;/h3-4,7-8H,5-6H2,1-2H3;1H. The predicted molar refractivity (Wildman–Crippen MR) is 116 cm³/mol. The molecule has 0 aliphatic rings. The Kier molecular flexibility index (Phi) is 7.56. The van der Waals surface area contributed by atoms with Crippen LogP contribution >= 0.6 is 69.9 Å². The summed E-state index contributed by atoms with van der Waals surface area (Å²) < 4.78 is 1.80. The van der Waals surface area contributed by atoms with Crippen molar-refractivity contribution in [1.82, 2.24) is 9.88 Å². The summed E-state index contributed by atoms with van der Waals surface area (Å²) in [7, 11) is 3.91. The van der Waals surface area contributed by atoms with Crippen molar-refractivity contribution in [1.29, 1.82) is 0 Å². The zero-order chi connectivity index (χ0) is 18.1. The first-order valence-corrected chi connectivity index (χ1v) is 10.1. The highest BCUT2D eigenvalue weighted by Gasteiger charge is 2.25. The van der Waals surface area contributed by atoms with E-state index in [0.717, 1.165) is 10.2 Å². The lowest BCUT2D eigenvalue weighted by Crippen LogP contribution is -2.36. The Bertz CT molecular complexity index is 926. The van der Waals surface area contributed by atoms with E-state index in [0.29, 0.717) is 37.5 Å². The predicted octanol–water partition coefficient (Wildman–Crippen LogP) is 5.95. The first kappa shape index (κ1) is 21.7. The summed E-state index contributed by atoms with van der Waals surface area (Å²) in [5.41, 5.74) is 1.20. The number of fused-ring (bicyclic) bond motifs is 1. The summed E-state index contributed by atoms with van der Waals surface area (Å²) in [6.07, 6.45) is 0. The molecule has 0 saturated carbocycles. The van der Waals surface area contributed by atoms with Crippen LogP contribution in [0.2, 0.25) is 13.7 Å². The Morgan fingerprint density at radius 2 is 1.85 bits per heavy atom. The molecule has 3 aromatic rings. The third-order valence-corrected chi connectivity index (χ3v) is 6.24. The van der Waals surface area contributed by atoms with Gasteiger partial charge in [-0.05, 0) is 38.4 Å². The lowest BCUT2D eigenvalue weighted by Gasteiger charge is -2.21. The molecule has 26 heavy (non-hydrogen) atoms. The molecule has 1 amide bonds. The van der Waals surface area contributed by atoms with Crippen LogP contribution in [0.25, 0.3) is 10.2 Å². The fourth-order valence-electron chi connectivity index (χ4n) is 2.22. The van der Waals surface area contributed by atoms with Gasteiger partial charge in [0.1, 0.15) is 4.34 Å². The van der Waals surface area contributed by atoms with Gasteiger partial charge in [-0.3, -0.25) is 9.69 Å². The molecule has 0 atom stereocenters. The van der Waals surface area contributed by atoms with E-state index in [1.165, 1.54) is 22.7 Å². The van der Waals surface area contributed by atoms with Gasteiger partial charge < -0.3 is 4.90 Å². The Balaban J connectivity index is 0.00000243. The first-order valence-electron chi connectivity index (χ1n) is 7.32. The number of anilines is 1. The van der Waals surface area contributed by atoms with Crippen molar-refractivity contribution < 1.29 is 4.79 Å². The van der Waals surface area contributed by atoms with Crippen LogP contribution in [0.3, 0.4) is 0 Å². The molecule has 0 fully saturated rings. The molecule has 0 saturated heterocycles. The van der Waals surface area contributed by atoms with Crippen molar-refractivity contribution >= 4 is 91.1 Å². The topological polar surface area (TPSA) is 36.4 Å². The normalized spacial score (nSPS) is 11.0. The quantitative estimate of drug-likeness (QED) is 0.462. The number of likely N-dealkylation sites (N-methyl/N-ethyl adjacent to an activating group) is 1. The molecule has 2 aromatic heterocycles. The highest BCUT2D eigenvalue weighted by molar-refractivity contribution is 7.22. The molecule has 10 heteroatoms. The Morgan fingerprint density at radius 3 is 2.46 bits per heavy atom. The lowest BCUT2D eigenvalue weighted by atomic mass is 10.3. The zero-order valence-corrected chi connectivity index (χ0v) is 18.5. The number of amides is 1. The van der Waals surface area contributed by atoms with Gasteiger partial charge in [-0.1, -0.05) is 46.1 Å². The minimum Gasteiger partial charge on any atom is -0.308 e. The fraction of sp³-hybridized carbons (Fsp3) is 0.250. The van der Waals surface area contributed by atoms with Gasteiger partial charge in [-0.15, -0.1) is 23.7 Å². The molecule has 0 radical (unpaired) electrons. The van der Waals surface area contributed by atoms with Crippen LogP contribution in [0.15, 0.2) is 24.3 Å². The number of nitrogens with zero attached hydrogens (tertiary/aromatic N) is 3. The third kappa shape index (κ3) is 4.81. The molecule has 0 aliphatic heterocycles. The number of rotatable bonds is 5. The zero-order valence-electron chi connectivity index (χ0n) is 13.8. The molecule has 0 unspecified atom stereocenters. The smallest absolute Gasteiger partial charge is 0.262 e. The Hall–Kier alpha value is -0.600. The maximum atomic E-state index is 13.0. The minimum atomic E-state index is -0.208. The van der Waals surface area contributed by atoms with Gasteiger partial charge in [0, 0.05) is 18.1 Å². The summed E-state index contributed by atoms with van der Waals surface area (Å²) in [5, 5.41) is 1.25. The molecule has 0 N–H and O–H groups in total. The van der Waals surface area contributed by atoms with E-state index in [-0.39, 0.29) is 18.3 Å². The molecule has 4 nitrogen and oxygen atoms in total. The van der Waals surface area contributed by atoms with Crippen molar-refractivity contribution in [2.24, 2.45) is 0 Å². The van der Waals surface area contributed by atoms with Crippen molar-refractivity contribution in [3.8, 4) is 0 Å². The van der Waals surface area contributed by atoms with Crippen LogP contribution in [-0.2, 0) is 0 Å². The number of benzene rings is 1. The molecule has 2 heterocycles. The maximum Gasteiger partial charge on any atom is 0.262 e. The van der Waals surface area contributed by atoms with E-state index in [2.05, 4.69) is 4.98 Å². The number of thiophene rings is 1. The van der Waals surface area contributed by atoms with E-state index >= 15 is 0 Å². The molecule has 0 bridgehead atoms. The van der Waals surface area contributed by atoms with Crippen molar-refractivity contribution in [3.63, 3.8) is 0 Å². The second kappa shape index (κ2) is 9.06. The summed E-state index contributed by atoms with van der Waals surface area (Å²) >= 11 is 20.8. The van der Waals surface area contributed by atoms with E-state index in [4.69, 9.17) is 34.8 Å². The van der Waals surface area contributed by atoms with Crippen LogP contribution in [0, 0.1) is 0 Å². The van der Waals surface area contributed by atoms with Crippen LogP contribution in [-0.4, -0.2) is 43.0 Å². The van der Waals surface area contributed by atoms with Gasteiger partial charge in [0.25, 0.3) is 5.91 Å². The van der Waals surface area contributed by atoms with E-state index in [1.807, 2.05) is 31.1 Å². The van der Waals surface area contributed by atoms with Gasteiger partial charge in [-0.25, -0.2) is 4.98 Å². The van der Waals surface area contributed by atoms with Crippen LogP contribution < -0.4 is 4.90 Å². The van der Waals surface area contributed by atoms with Crippen LogP contribution in [0.4, 0.5) is 5.13 Å². The molecular weight excluding hydrogens is 456 g/mol. The van der Waals surface area contributed by atoms with Crippen molar-refractivity contribution in [2.45, 2.75) is 0 Å². The number of carbonyl (C=O) groups excluding carboxylic acids is 1. The second-order valence-corrected chi connectivity index (χ2v) is 9.34. The second-order valence-electron chi connectivity index (χ2n) is 5.61. The number of halogens is 4. The van der Waals surface area contributed by atoms with Crippen molar-refractivity contribution in [3.05, 3.63) is 43.5 Å². The molecule has 0 aliphatic carbocycles. The number of aromatic nitrogens is 1. The van der Waals surface area contributed by atoms with Gasteiger partial charge in [-0.2, -0.15) is 0 Å². The summed E-state index contributed by atoms with van der Waals surface area (Å²) in [5.74, 6) is -0.208. The van der Waals surface area contributed by atoms with E-state index in [9.17, 15) is 4.79 Å². The molecule has 3 rings (SSSR count). The lowest BCUT2D eigenvalue weighted by molar-refractivity contribution is 0.0986. The number of thiazole rings is 1. The summed E-state index contributed by atoms with van der Waals surface area (Å²) in [4.78, 5) is 21.3. The maximum absolute atomic E-state index is 13.0. The van der Waals surface area contributed by atoms with Gasteiger partial charge in [0.2, 0.25) is 0 Å². The molecule has 0 spiro atoms. The molecule has 1 aromatic carbocycles. The SMILES string of the molecule is CN(C)CCN(C(=O)c1cc(Cl)sc1Cl)c1nc2ccc(Cl)cc2s1.Cl. The van der Waals surface area contributed by atoms with Gasteiger partial charge >= 0.3 is 0 Å². The largest absolute Gasteiger partial charge is 0.308 e. The summed E-state index contributed by atoms with van der Waals surface area (Å²) in [6, 6.07) is 7.08. The highest BCUT2D eigenvalue weighted by Crippen LogP contribution is 2.35. The van der Waals surface area contributed by atoms with E-state index in [1.54, 1.807) is 17.0 Å². The van der Waals surface area contributed by atoms with Crippen molar-refractivity contribution in [2.75, 3.05) is 32.1 Å². The number of hydrogen-bond acceptors (Lipinski definition) is 5. The molecular formula is C16H15Cl4N3OS2. The third-order valence-electron chi connectivity index (χ3n) is 3.47. The highest BCUT2D eigenvalue weighted by atomic mass is 35.5. The van der Waals surface area contributed by atoms with Crippen LogP contribution in [0.1, 0.15) is 10.4 Å². The van der Waals surface area contributed by atoms with Gasteiger partial charge in [0.15, 0.2) is 5.13 Å². The van der Waals surface area contributed by atoms with Crippen LogP contribution in [0.5, 0.6) is 0 Å². The molecule has 140 valence electrons. The average Bonchev–Trinajstić information content (AvgIpc) is 3.09. The Labute approximate surface area is 180 Å². The number of hydrogen-bond donors (Lipinski definition) is 0. The Morgan fingerprint density at radius 1 is 1.12 bits per heavy atom. The summed E-state index contributed by atoms with van der Waals surface area (Å²) in [6.45, 7) is 1.18. The fourth-order valence-corrected chi connectivity index (χ4v) is 4.93. The first-order chi connectivity index (χ1) is 11.8.